The first-order valence-electron chi connectivity index (χ1n) is 10.8. The third kappa shape index (κ3) is 4.93. The number of halogens is 2. The number of hydrogen-bond acceptors (Lipinski definition) is 5. The Hall–Kier alpha value is -2.97. The van der Waals surface area contributed by atoms with Crippen LogP contribution in [0, 0.1) is 0 Å². The summed E-state index contributed by atoms with van der Waals surface area (Å²) < 4.78 is 14.6. The Balaban J connectivity index is 1.89. The first-order valence-corrected chi connectivity index (χ1v) is 12.4. The van der Waals surface area contributed by atoms with Crippen molar-refractivity contribution in [1.29, 1.82) is 0 Å². The molecule has 4 aromatic rings. The van der Waals surface area contributed by atoms with Gasteiger partial charge in [-0.2, -0.15) is 9.78 Å². The first-order chi connectivity index (χ1) is 16.4. The molecule has 0 aliphatic heterocycles. The van der Waals surface area contributed by atoms with Crippen LogP contribution in [0.1, 0.15) is 26.3 Å². The van der Waals surface area contributed by atoms with Crippen LogP contribution in [0.3, 0.4) is 0 Å². The minimum Gasteiger partial charge on any atom is -0.490 e. The molecule has 0 radical (unpaired) electrons. The van der Waals surface area contributed by atoms with E-state index in [2.05, 4.69) is 37.0 Å². The zero-order chi connectivity index (χ0) is 24.2. The highest BCUT2D eigenvalue weighted by Crippen LogP contribution is 2.43. The molecule has 0 amide bonds. The molecule has 1 heterocycles. The van der Waals surface area contributed by atoms with Crippen molar-refractivity contribution in [3.8, 4) is 22.9 Å². The predicted molar refractivity (Wildman–Crippen MR) is 143 cm³/mol. The average molecular weight is 585 g/mol. The molecular weight excluding hydrogens is 562 g/mol. The van der Waals surface area contributed by atoms with E-state index in [1.54, 1.807) is 12.3 Å². The summed E-state index contributed by atoms with van der Waals surface area (Å²) in [5.41, 5.74) is 1.88. The molecule has 6 nitrogen and oxygen atoms in total. The van der Waals surface area contributed by atoms with Crippen molar-refractivity contribution in [1.82, 2.24) is 9.66 Å². The predicted octanol–water partition coefficient (Wildman–Crippen LogP) is 6.66. The zero-order valence-electron chi connectivity index (χ0n) is 19.0. The Kier molecular flexibility index (Phi) is 7.48. The molecule has 0 spiro atoms. The molecule has 34 heavy (non-hydrogen) atoms. The van der Waals surface area contributed by atoms with Gasteiger partial charge in [0, 0.05) is 15.6 Å². The van der Waals surface area contributed by atoms with Crippen molar-refractivity contribution in [3.05, 3.63) is 85.5 Å². The molecule has 3 aromatic carbocycles. The molecule has 0 saturated heterocycles. The lowest BCUT2D eigenvalue weighted by Gasteiger charge is -2.18. The minimum atomic E-state index is -0.249. The van der Waals surface area contributed by atoms with Gasteiger partial charge in [-0.05, 0) is 70.8 Å². The zero-order valence-corrected chi connectivity index (χ0v) is 22.1. The van der Waals surface area contributed by atoms with Crippen LogP contribution in [0.5, 0.6) is 11.5 Å². The van der Waals surface area contributed by atoms with Crippen LogP contribution in [0.15, 0.2) is 79.5 Å². The van der Waals surface area contributed by atoms with Gasteiger partial charge in [0.1, 0.15) is 0 Å². The summed E-state index contributed by atoms with van der Waals surface area (Å²) in [7, 11) is 0. The van der Waals surface area contributed by atoms with E-state index in [-0.39, 0.29) is 11.7 Å². The number of nitrogens with zero attached hydrogens (tertiary/aromatic N) is 3. The van der Waals surface area contributed by atoms with Gasteiger partial charge in [0.15, 0.2) is 17.3 Å². The minimum absolute atomic E-state index is 0.0300. The number of rotatable bonds is 7. The van der Waals surface area contributed by atoms with Crippen LogP contribution in [0.25, 0.3) is 22.3 Å². The molecule has 0 saturated carbocycles. The topological polar surface area (TPSA) is 65.7 Å². The molecule has 0 fully saturated rings. The van der Waals surface area contributed by atoms with E-state index in [4.69, 9.17) is 14.5 Å². The third-order valence-electron chi connectivity index (χ3n) is 4.91. The molecule has 0 atom stereocenters. The molecule has 0 bridgehead atoms. The van der Waals surface area contributed by atoms with E-state index >= 15 is 0 Å². The van der Waals surface area contributed by atoms with Crippen molar-refractivity contribution in [3.63, 3.8) is 0 Å². The number of aromatic nitrogens is 2. The summed E-state index contributed by atoms with van der Waals surface area (Å²) in [5, 5.41) is 5.06. The Morgan fingerprint density at radius 1 is 1.06 bits per heavy atom. The van der Waals surface area contributed by atoms with E-state index in [0.29, 0.717) is 44.9 Å². The van der Waals surface area contributed by atoms with Gasteiger partial charge in [0.05, 0.1) is 34.3 Å². The summed E-state index contributed by atoms with van der Waals surface area (Å²) >= 11 is 7.24. The van der Waals surface area contributed by atoms with Gasteiger partial charge in [0.2, 0.25) is 0 Å². The molecule has 8 heteroatoms. The number of para-hydroxylation sites is 1. The average Bonchev–Trinajstić information content (AvgIpc) is 2.84. The summed E-state index contributed by atoms with van der Waals surface area (Å²) in [6.07, 6.45) is 1.58. The smallest absolute Gasteiger partial charge is 0.282 e. The van der Waals surface area contributed by atoms with Gasteiger partial charge in [-0.1, -0.05) is 42.5 Å². The number of ether oxygens (including phenoxy) is 2. The molecule has 4 rings (SSSR count). The molecule has 174 valence electrons. The molecule has 1 aromatic heterocycles. The molecule has 0 unspecified atom stereocenters. The number of hydrogen-bond donors (Lipinski definition) is 0. The van der Waals surface area contributed by atoms with Crippen molar-refractivity contribution in [2.24, 2.45) is 5.10 Å². The Morgan fingerprint density at radius 2 is 1.76 bits per heavy atom. The van der Waals surface area contributed by atoms with Gasteiger partial charge in [0.25, 0.3) is 5.56 Å². The van der Waals surface area contributed by atoms with Crippen LogP contribution < -0.4 is 15.0 Å². The van der Waals surface area contributed by atoms with Gasteiger partial charge in [-0.25, -0.2) is 4.98 Å². The van der Waals surface area contributed by atoms with Crippen LogP contribution in [-0.4, -0.2) is 28.6 Å². The monoisotopic (exact) mass is 583 g/mol. The first kappa shape index (κ1) is 24.2. The summed E-state index contributed by atoms with van der Waals surface area (Å²) in [6.45, 7) is 6.30. The van der Waals surface area contributed by atoms with Gasteiger partial charge >= 0.3 is 0 Å². The molecule has 0 aliphatic rings. The normalized spacial score (nSPS) is 11.5. The highest BCUT2D eigenvalue weighted by atomic mass is 79.9. The second-order valence-corrected chi connectivity index (χ2v) is 9.29. The molecule has 0 aliphatic carbocycles. The van der Waals surface area contributed by atoms with E-state index in [1.807, 2.05) is 75.4 Å². The van der Waals surface area contributed by atoms with Gasteiger partial charge in [-0.3, -0.25) is 4.79 Å². The second kappa shape index (κ2) is 10.5. The van der Waals surface area contributed by atoms with Gasteiger partial charge < -0.3 is 9.47 Å². The van der Waals surface area contributed by atoms with Crippen LogP contribution in [0.4, 0.5) is 0 Å². The lowest BCUT2D eigenvalue weighted by atomic mass is 10.2. The highest BCUT2D eigenvalue weighted by Gasteiger charge is 2.18. The fourth-order valence-electron chi connectivity index (χ4n) is 3.43. The van der Waals surface area contributed by atoms with E-state index in [1.165, 1.54) is 4.68 Å². The summed E-state index contributed by atoms with van der Waals surface area (Å²) in [5.74, 6) is 1.65. The van der Waals surface area contributed by atoms with E-state index in [9.17, 15) is 4.79 Å². The van der Waals surface area contributed by atoms with Crippen molar-refractivity contribution >= 4 is 49.0 Å². The fraction of sp³-hybridized carbons (Fsp3) is 0.192. The van der Waals surface area contributed by atoms with Gasteiger partial charge in [-0.15, -0.1) is 0 Å². The SMILES string of the molecule is CCOc1cc(C=Nn2c(-c3ccccc3)nc3ccccc3c2=O)c(Br)c(Br)c1OC(C)C. The summed E-state index contributed by atoms with van der Waals surface area (Å²) in [6, 6.07) is 18.6. The maximum absolute atomic E-state index is 13.4. The lowest BCUT2D eigenvalue weighted by molar-refractivity contribution is 0.222. The number of fused-ring (bicyclic) bond motifs is 1. The maximum atomic E-state index is 13.4. The van der Waals surface area contributed by atoms with Crippen LogP contribution in [0.2, 0.25) is 0 Å². The largest absolute Gasteiger partial charge is 0.490 e. The fourth-order valence-corrected chi connectivity index (χ4v) is 4.35. The van der Waals surface area contributed by atoms with Crippen LogP contribution >= 0.6 is 31.9 Å². The van der Waals surface area contributed by atoms with Crippen molar-refractivity contribution in [2.75, 3.05) is 6.61 Å². The highest BCUT2D eigenvalue weighted by molar-refractivity contribution is 9.13. The quantitative estimate of drug-likeness (QED) is 0.228. The Labute approximate surface area is 214 Å². The Bertz CT molecular complexity index is 1420. The standard InChI is InChI=1S/C26H23Br2N3O3/c1-4-33-21-14-18(22(27)23(28)24(21)34-16(2)3)15-29-31-25(17-10-6-5-7-11-17)30-20-13-9-8-12-19(20)26(31)32/h5-16H,4H2,1-3H3. The van der Waals surface area contributed by atoms with Crippen molar-refractivity contribution in [2.45, 2.75) is 26.9 Å². The maximum Gasteiger partial charge on any atom is 0.282 e. The second-order valence-electron chi connectivity index (χ2n) is 7.70. The molecule has 0 N–H and O–H groups in total. The number of benzene rings is 3. The lowest BCUT2D eigenvalue weighted by Crippen LogP contribution is -2.20. The van der Waals surface area contributed by atoms with E-state index in [0.717, 1.165) is 10.0 Å². The van der Waals surface area contributed by atoms with E-state index < -0.39 is 0 Å². The Morgan fingerprint density at radius 3 is 2.47 bits per heavy atom. The van der Waals surface area contributed by atoms with Crippen molar-refractivity contribution < 1.29 is 9.47 Å². The third-order valence-corrected chi connectivity index (χ3v) is 7.05. The molecular formula is C26H23Br2N3O3. The summed E-state index contributed by atoms with van der Waals surface area (Å²) in [4.78, 5) is 18.1. The van der Waals surface area contributed by atoms with Crippen LogP contribution in [-0.2, 0) is 0 Å².